The number of pyridine rings is 1. The van der Waals surface area contributed by atoms with Gasteiger partial charge in [-0.3, -0.25) is 9.59 Å². The van der Waals surface area contributed by atoms with Crippen LogP contribution < -0.4 is 20.9 Å². The van der Waals surface area contributed by atoms with E-state index in [-0.39, 0.29) is 30.2 Å². The Morgan fingerprint density at radius 3 is 2.81 bits per heavy atom. The number of halogens is 1. The number of nitrogens with zero attached hydrogens (tertiary/aromatic N) is 2. The van der Waals surface area contributed by atoms with E-state index < -0.39 is 0 Å². The Morgan fingerprint density at radius 1 is 1.26 bits per heavy atom. The number of benzene rings is 1. The van der Waals surface area contributed by atoms with Crippen LogP contribution >= 0.6 is 0 Å². The lowest BCUT2D eigenvalue weighted by Gasteiger charge is -2.34. The van der Waals surface area contributed by atoms with Crippen LogP contribution in [0.2, 0.25) is 0 Å². The van der Waals surface area contributed by atoms with Crippen molar-refractivity contribution in [3.8, 4) is 0 Å². The summed E-state index contributed by atoms with van der Waals surface area (Å²) in [4.78, 5) is 30.2. The standard InChI is InChI=1S/C19H20FN5O2/c20-14-3-1-2-4-16(14)25-7-5-13(6-8-25)23-19(27)12-9-15-18(21-10-12)22-11-17(26)24-15/h1-4,9-10,13H,5-8,11H2,(H,21,22)(H,23,27)(H,24,26). The van der Waals surface area contributed by atoms with Gasteiger partial charge in [-0.1, -0.05) is 12.1 Å². The van der Waals surface area contributed by atoms with Crippen LogP contribution in [0.15, 0.2) is 36.5 Å². The van der Waals surface area contributed by atoms with Gasteiger partial charge >= 0.3 is 0 Å². The highest BCUT2D eigenvalue weighted by Gasteiger charge is 2.24. The Balaban J connectivity index is 1.37. The van der Waals surface area contributed by atoms with Gasteiger partial charge in [0.25, 0.3) is 5.91 Å². The third-order valence-corrected chi connectivity index (χ3v) is 4.86. The van der Waals surface area contributed by atoms with Crippen LogP contribution in [0.4, 0.5) is 21.6 Å². The number of aromatic nitrogens is 1. The number of amides is 2. The lowest BCUT2D eigenvalue weighted by atomic mass is 10.0. The molecule has 0 spiro atoms. The van der Waals surface area contributed by atoms with Crippen molar-refractivity contribution in [2.45, 2.75) is 18.9 Å². The Hall–Kier alpha value is -3.16. The smallest absolute Gasteiger partial charge is 0.253 e. The summed E-state index contributed by atoms with van der Waals surface area (Å²) in [5.74, 6) is -0.0584. The predicted octanol–water partition coefficient (Wildman–Crippen LogP) is 1.98. The molecule has 27 heavy (non-hydrogen) atoms. The number of carbonyl (C=O) groups excluding carboxylic acids is 2. The third-order valence-electron chi connectivity index (χ3n) is 4.86. The van der Waals surface area contributed by atoms with Crippen LogP contribution in [-0.2, 0) is 4.79 Å². The quantitative estimate of drug-likeness (QED) is 0.770. The van der Waals surface area contributed by atoms with E-state index in [1.54, 1.807) is 18.2 Å². The van der Waals surface area contributed by atoms with Gasteiger partial charge in [0, 0.05) is 25.3 Å². The number of fused-ring (bicyclic) bond motifs is 1. The maximum atomic E-state index is 13.9. The molecule has 8 heteroatoms. The summed E-state index contributed by atoms with van der Waals surface area (Å²) in [7, 11) is 0. The molecule has 0 saturated carbocycles. The molecule has 3 heterocycles. The molecular formula is C19H20FN5O2. The molecule has 2 amide bonds. The summed E-state index contributed by atoms with van der Waals surface area (Å²) in [5.41, 5.74) is 1.51. The Kier molecular flexibility index (Phi) is 4.62. The Bertz CT molecular complexity index is 880. The van der Waals surface area contributed by atoms with E-state index in [2.05, 4.69) is 20.9 Å². The zero-order valence-electron chi connectivity index (χ0n) is 14.7. The van der Waals surface area contributed by atoms with Gasteiger partial charge in [0.15, 0.2) is 0 Å². The number of rotatable bonds is 3. The molecule has 2 aliphatic rings. The highest BCUT2D eigenvalue weighted by atomic mass is 19.1. The second-order valence-corrected chi connectivity index (χ2v) is 6.71. The van der Waals surface area contributed by atoms with Crippen molar-refractivity contribution in [2.75, 3.05) is 35.2 Å². The topological polar surface area (TPSA) is 86.4 Å². The average Bonchev–Trinajstić information content (AvgIpc) is 2.68. The van der Waals surface area contributed by atoms with Crippen molar-refractivity contribution >= 4 is 29.0 Å². The lowest BCUT2D eigenvalue weighted by Crippen LogP contribution is -2.45. The minimum Gasteiger partial charge on any atom is -0.369 e. The number of anilines is 3. The highest BCUT2D eigenvalue weighted by Crippen LogP contribution is 2.24. The summed E-state index contributed by atoms with van der Waals surface area (Å²) in [5, 5.41) is 8.60. The van der Waals surface area contributed by atoms with Crippen LogP contribution in [-0.4, -0.2) is 42.5 Å². The second kappa shape index (κ2) is 7.22. The second-order valence-electron chi connectivity index (χ2n) is 6.71. The molecule has 3 N–H and O–H groups in total. The Morgan fingerprint density at radius 2 is 2.04 bits per heavy atom. The molecule has 1 aromatic heterocycles. The first kappa shape index (κ1) is 17.3. The van der Waals surface area contributed by atoms with Gasteiger partial charge in [-0.15, -0.1) is 0 Å². The molecule has 0 bridgehead atoms. The molecule has 4 rings (SSSR count). The summed E-state index contributed by atoms with van der Waals surface area (Å²) in [6.07, 6.45) is 2.96. The van der Waals surface area contributed by atoms with Crippen molar-refractivity contribution in [3.05, 3.63) is 47.9 Å². The van der Waals surface area contributed by atoms with Crippen molar-refractivity contribution < 1.29 is 14.0 Å². The van der Waals surface area contributed by atoms with E-state index >= 15 is 0 Å². The zero-order chi connectivity index (χ0) is 18.8. The molecule has 1 fully saturated rings. The van der Waals surface area contributed by atoms with Gasteiger partial charge in [-0.05, 0) is 31.0 Å². The maximum Gasteiger partial charge on any atom is 0.253 e. The van der Waals surface area contributed by atoms with Gasteiger partial charge < -0.3 is 20.9 Å². The molecule has 1 aromatic carbocycles. The molecule has 2 aliphatic heterocycles. The first-order valence-corrected chi connectivity index (χ1v) is 8.94. The van der Waals surface area contributed by atoms with Crippen molar-refractivity contribution in [1.82, 2.24) is 10.3 Å². The number of piperidine rings is 1. The molecule has 2 aromatic rings. The zero-order valence-corrected chi connectivity index (χ0v) is 14.7. The minimum atomic E-state index is -0.227. The third kappa shape index (κ3) is 3.69. The molecule has 0 radical (unpaired) electrons. The van der Waals surface area contributed by atoms with E-state index in [9.17, 15) is 14.0 Å². The van der Waals surface area contributed by atoms with Crippen molar-refractivity contribution in [2.24, 2.45) is 0 Å². The van der Waals surface area contributed by atoms with E-state index in [0.29, 0.717) is 35.8 Å². The van der Waals surface area contributed by atoms with E-state index in [1.165, 1.54) is 12.3 Å². The molecule has 0 atom stereocenters. The summed E-state index contributed by atoms with van der Waals surface area (Å²) in [6, 6.07) is 8.37. The number of para-hydroxylation sites is 1. The summed E-state index contributed by atoms with van der Waals surface area (Å²) < 4.78 is 13.9. The van der Waals surface area contributed by atoms with Crippen LogP contribution in [0, 0.1) is 5.82 Å². The van der Waals surface area contributed by atoms with Crippen LogP contribution in [0.1, 0.15) is 23.2 Å². The number of hydrogen-bond donors (Lipinski definition) is 3. The largest absolute Gasteiger partial charge is 0.369 e. The van der Waals surface area contributed by atoms with Gasteiger partial charge in [0.2, 0.25) is 5.91 Å². The van der Waals surface area contributed by atoms with Crippen LogP contribution in [0.5, 0.6) is 0 Å². The van der Waals surface area contributed by atoms with E-state index in [1.807, 2.05) is 11.0 Å². The molecule has 140 valence electrons. The fraction of sp³-hybridized carbons (Fsp3) is 0.316. The number of carbonyl (C=O) groups is 2. The highest BCUT2D eigenvalue weighted by molar-refractivity contribution is 6.02. The fourth-order valence-electron chi connectivity index (χ4n) is 3.43. The monoisotopic (exact) mass is 369 g/mol. The first-order valence-electron chi connectivity index (χ1n) is 8.94. The lowest BCUT2D eigenvalue weighted by molar-refractivity contribution is -0.114. The van der Waals surface area contributed by atoms with Gasteiger partial charge in [-0.25, -0.2) is 9.37 Å². The summed E-state index contributed by atoms with van der Waals surface area (Å²) >= 11 is 0. The molecule has 1 saturated heterocycles. The predicted molar refractivity (Wildman–Crippen MR) is 100 cm³/mol. The number of nitrogens with one attached hydrogen (secondary N) is 3. The van der Waals surface area contributed by atoms with Crippen molar-refractivity contribution in [3.63, 3.8) is 0 Å². The first-order chi connectivity index (χ1) is 13.1. The van der Waals surface area contributed by atoms with Gasteiger partial charge in [0.1, 0.15) is 11.6 Å². The molecular weight excluding hydrogens is 349 g/mol. The number of hydrogen-bond acceptors (Lipinski definition) is 5. The van der Waals surface area contributed by atoms with Gasteiger partial charge in [0.05, 0.1) is 23.5 Å². The normalized spacial score (nSPS) is 16.9. The molecule has 7 nitrogen and oxygen atoms in total. The minimum absolute atomic E-state index is 0.0178. The van der Waals surface area contributed by atoms with E-state index in [4.69, 9.17) is 0 Å². The molecule has 0 unspecified atom stereocenters. The van der Waals surface area contributed by atoms with Crippen molar-refractivity contribution in [1.29, 1.82) is 0 Å². The fourth-order valence-corrected chi connectivity index (χ4v) is 3.43. The summed E-state index contributed by atoms with van der Waals surface area (Å²) in [6.45, 7) is 1.52. The molecule has 0 aliphatic carbocycles. The Labute approximate surface area is 156 Å². The van der Waals surface area contributed by atoms with E-state index in [0.717, 1.165) is 12.8 Å². The maximum absolute atomic E-state index is 13.9. The van der Waals surface area contributed by atoms with Crippen LogP contribution in [0.3, 0.4) is 0 Å². The SMILES string of the molecule is O=C1CNc2ncc(C(=O)NC3CCN(c4ccccc4F)CC3)cc2N1. The van der Waals surface area contributed by atoms with Gasteiger partial charge in [-0.2, -0.15) is 0 Å². The average molecular weight is 369 g/mol. The van der Waals surface area contributed by atoms with Crippen LogP contribution in [0.25, 0.3) is 0 Å².